The number of carbonyl (C=O) groups is 2. The van der Waals surface area contributed by atoms with E-state index in [1.807, 2.05) is 24.3 Å². The zero-order chi connectivity index (χ0) is 17.6. The maximum atomic E-state index is 12.4. The molecule has 3 rings (SSSR count). The molecule has 0 saturated carbocycles. The molecule has 2 aromatic rings. The van der Waals surface area contributed by atoms with Gasteiger partial charge in [0.1, 0.15) is 5.75 Å². The smallest absolute Gasteiger partial charge is 0.258 e. The van der Waals surface area contributed by atoms with E-state index in [2.05, 4.69) is 5.32 Å². The molecule has 5 nitrogen and oxygen atoms in total. The fraction of sp³-hybridized carbons (Fsp3) is 0.263. The first kappa shape index (κ1) is 17.3. The number of anilines is 1. The average molecular weight is 359 g/mol. The molecule has 0 fully saturated rings. The lowest BCUT2D eigenvalue weighted by molar-refractivity contribution is -0.126. The predicted molar refractivity (Wildman–Crippen MR) is 97.1 cm³/mol. The number of ether oxygens (including phenoxy) is 1. The van der Waals surface area contributed by atoms with Gasteiger partial charge in [-0.05, 0) is 48.7 Å². The highest BCUT2D eigenvalue weighted by Gasteiger charge is 2.22. The largest absolute Gasteiger partial charge is 0.484 e. The normalized spacial score (nSPS) is 13.1. The second kappa shape index (κ2) is 8.03. The van der Waals surface area contributed by atoms with Crippen LogP contribution in [-0.2, 0) is 16.0 Å². The van der Waals surface area contributed by atoms with Crippen molar-refractivity contribution >= 4 is 29.1 Å². The molecule has 2 aromatic carbocycles. The molecule has 130 valence electrons. The lowest BCUT2D eigenvalue weighted by atomic mass is 10.0. The topological polar surface area (TPSA) is 58.6 Å². The van der Waals surface area contributed by atoms with Gasteiger partial charge in [-0.25, -0.2) is 0 Å². The number of nitrogens with one attached hydrogen (secondary N) is 1. The van der Waals surface area contributed by atoms with Gasteiger partial charge in [-0.3, -0.25) is 9.59 Å². The number of rotatable bonds is 5. The number of benzene rings is 2. The number of halogens is 1. The molecule has 25 heavy (non-hydrogen) atoms. The summed E-state index contributed by atoms with van der Waals surface area (Å²) >= 11 is 5.79. The third kappa shape index (κ3) is 4.51. The van der Waals surface area contributed by atoms with Gasteiger partial charge in [0.15, 0.2) is 6.61 Å². The molecule has 1 aliphatic heterocycles. The van der Waals surface area contributed by atoms with Crippen molar-refractivity contribution in [2.24, 2.45) is 0 Å². The zero-order valence-corrected chi connectivity index (χ0v) is 14.5. The Morgan fingerprint density at radius 1 is 1.12 bits per heavy atom. The summed E-state index contributed by atoms with van der Waals surface area (Å²) in [7, 11) is 0. The Kier molecular flexibility index (Phi) is 5.56. The van der Waals surface area contributed by atoms with Gasteiger partial charge in [-0.15, -0.1) is 0 Å². The standard InChI is InChI=1S/C19H19ClN2O3/c20-15-7-9-16(10-8-15)25-13-18(23)21-12-19(24)22-11-3-5-14-4-1-2-6-17(14)22/h1-2,4,6-10H,3,5,11-13H2,(H,21,23). The molecule has 0 atom stereocenters. The minimum Gasteiger partial charge on any atom is -0.484 e. The minimum atomic E-state index is -0.339. The van der Waals surface area contributed by atoms with E-state index in [-0.39, 0.29) is 25.0 Å². The number of para-hydroxylation sites is 1. The van der Waals surface area contributed by atoms with E-state index in [4.69, 9.17) is 16.3 Å². The van der Waals surface area contributed by atoms with E-state index < -0.39 is 0 Å². The highest BCUT2D eigenvalue weighted by molar-refractivity contribution is 6.30. The van der Waals surface area contributed by atoms with Gasteiger partial charge in [0.05, 0.1) is 6.54 Å². The van der Waals surface area contributed by atoms with Crippen LogP contribution in [0.3, 0.4) is 0 Å². The molecular weight excluding hydrogens is 340 g/mol. The van der Waals surface area contributed by atoms with Gasteiger partial charge in [0.2, 0.25) is 5.91 Å². The molecule has 1 heterocycles. The summed E-state index contributed by atoms with van der Waals surface area (Å²) in [5.74, 6) is 0.0939. The number of aryl methyl sites for hydroxylation is 1. The summed E-state index contributed by atoms with van der Waals surface area (Å²) in [5, 5.41) is 3.21. The fourth-order valence-corrected chi connectivity index (χ4v) is 2.92. The first-order chi connectivity index (χ1) is 12.1. The third-order valence-electron chi connectivity index (χ3n) is 4.03. The van der Waals surface area contributed by atoms with Gasteiger partial charge in [-0.1, -0.05) is 29.8 Å². The van der Waals surface area contributed by atoms with Crippen molar-refractivity contribution in [2.45, 2.75) is 12.8 Å². The van der Waals surface area contributed by atoms with Crippen LogP contribution in [0, 0.1) is 0 Å². The number of hydrogen-bond donors (Lipinski definition) is 1. The molecule has 0 saturated heterocycles. The number of nitrogens with zero attached hydrogens (tertiary/aromatic N) is 1. The van der Waals surface area contributed by atoms with Gasteiger partial charge in [0, 0.05) is 17.3 Å². The minimum absolute atomic E-state index is 0.0445. The Morgan fingerprint density at radius 2 is 1.88 bits per heavy atom. The SMILES string of the molecule is O=C(COc1ccc(Cl)cc1)NCC(=O)N1CCCc2ccccc21. The summed E-state index contributed by atoms with van der Waals surface area (Å²) in [6.07, 6.45) is 1.90. The summed E-state index contributed by atoms with van der Waals surface area (Å²) in [4.78, 5) is 26.1. The molecular formula is C19H19ClN2O3. The van der Waals surface area contributed by atoms with Crippen LogP contribution in [0.4, 0.5) is 5.69 Å². The van der Waals surface area contributed by atoms with Gasteiger partial charge in [-0.2, -0.15) is 0 Å². The summed E-state index contributed by atoms with van der Waals surface area (Å²) in [6.45, 7) is 0.482. The monoisotopic (exact) mass is 358 g/mol. The number of fused-ring (bicyclic) bond motifs is 1. The molecule has 0 bridgehead atoms. The summed E-state index contributed by atoms with van der Waals surface area (Å²) in [5.41, 5.74) is 2.10. The maximum Gasteiger partial charge on any atom is 0.258 e. The molecule has 0 aromatic heterocycles. The Bertz CT molecular complexity index is 762. The predicted octanol–water partition coefficient (Wildman–Crippen LogP) is 2.81. The average Bonchev–Trinajstić information content (AvgIpc) is 2.65. The van der Waals surface area contributed by atoms with Gasteiger partial charge >= 0.3 is 0 Å². The Hall–Kier alpha value is -2.53. The summed E-state index contributed by atoms with van der Waals surface area (Å²) in [6, 6.07) is 14.6. The van der Waals surface area contributed by atoms with Crippen LogP contribution >= 0.6 is 11.6 Å². The van der Waals surface area contributed by atoms with Crippen LogP contribution in [0.2, 0.25) is 5.02 Å². The molecule has 2 amide bonds. The number of amides is 2. The van der Waals surface area contributed by atoms with Crippen molar-refractivity contribution < 1.29 is 14.3 Å². The molecule has 0 radical (unpaired) electrons. The van der Waals surface area contributed by atoms with Crippen LogP contribution in [0.25, 0.3) is 0 Å². The second-order valence-corrected chi connectivity index (χ2v) is 6.23. The van der Waals surface area contributed by atoms with Crippen molar-refractivity contribution in [3.05, 3.63) is 59.1 Å². The van der Waals surface area contributed by atoms with E-state index in [1.54, 1.807) is 29.2 Å². The highest BCUT2D eigenvalue weighted by Crippen LogP contribution is 2.26. The fourth-order valence-electron chi connectivity index (χ4n) is 2.79. The van der Waals surface area contributed by atoms with Crippen LogP contribution in [-0.4, -0.2) is 31.5 Å². The van der Waals surface area contributed by atoms with Crippen molar-refractivity contribution in [1.29, 1.82) is 0 Å². The van der Waals surface area contributed by atoms with Crippen LogP contribution < -0.4 is 15.0 Å². The quantitative estimate of drug-likeness (QED) is 0.894. The Balaban J connectivity index is 1.49. The van der Waals surface area contributed by atoms with Gasteiger partial charge < -0.3 is 15.0 Å². The molecule has 1 N–H and O–H groups in total. The van der Waals surface area contributed by atoms with Crippen molar-refractivity contribution in [2.75, 3.05) is 24.6 Å². The molecule has 0 spiro atoms. The molecule has 0 aliphatic carbocycles. The number of hydrogen-bond acceptors (Lipinski definition) is 3. The van der Waals surface area contributed by atoms with E-state index in [0.717, 1.165) is 18.5 Å². The van der Waals surface area contributed by atoms with Crippen molar-refractivity contribution in [1.82, 2.24) is 5.32 Å². The van der Waals surface area contributed by atoms with E-state index in [9.17, 15) is 9.59 Å². The maximum absolute atomic E-state index is 12.4. The van der Waals surface area contributed by atoms with Crippen molar-refractivity contribution in [3.63, 3.8) is 0 Å². The Labute approximate surface area is 151 Å². The first-order valence-corrected chi connectivity index (χ1v) is 8.54. The van der Waals surface area contributed by atoms with E-state index in [0.29, 0.717) is 17.3 Å². The molecule has 1 aliphatic rings. The summed E-state index contributed by atoms with van der Waals surface area (Å²) < 4.78 is 5.36. The van der Waals surface area contributed by atoms with E-state index in [1.165, 1.54) is 5.56 Å². The van der Waals surface area contributed by atoms with Crippen LogP contribution in [0.1, 0.15) is 12.0 Å². The van der Waals surface area contributed by atoms with Crippen LogP contribution in [0.15, 0.2) is 48.5 Å². The third-order valence-corrected chi connectivity index (χ3v) is 4.28. The van der Waals surface area contributed by atoms with E-state index >= 15 is 0 Å². The second-order valence-electron chi connectivity index (χ2n) is 5.80. The van der Waals surface area contributed by atoms with Crippen molar-refractivity contribution in [3.8, 4) is 5.75 Å². The highest BCUT2D eigenvalue weighted by atomic mass is 35.5. The number of carbonyl (C=O) groups excluding carboxylic acids is 2. The zero-order valence-electron chi connectivity index (χ0n) is 13.7. The molecule has 6 heteroatoms. The Morgan fingerprint density at radius 3 is 2.68 bits per heavy atom. The van der Waals surface area contributed by atoms with Gasteiger partial charge in [0.25, 0.3) is 5.91 Å². The first-order valence-electron chi connectivity index (χ1n) is 8.17. The lowest BCUT2D eigenvalue weighted by Gasteiger charge is -2.29. The van der Waals surface area contributed by atoms with Crippen LogP contribution in [0.5, 0.6) is 5.75 Å². The molecule has 0 unspecified atom stereocenters. The lowest BCUT2D eigenvalue weighted by Crippen LogP contribution is -2.43.